The van der Waals surface area contributed by atoms with Gasteiger partial charge >= 0.3 is 0 Å². The molecule has 2 unspecified atom stereocenters. The summed E-state index contributed by atoms with van der Waals surface area (Å²) in [6.07, 6.45) is 5.11. The number of carbonyl (C=O) groups excluding carboxylic acids is 1. The minimum atomic E-state index is -0.0490. The highest BCUT2D eigenvalue weighted by molar-refractivity contribution is 9.10. The first kappa shape index (κ1) is 15.4. The van der Waals surface area contributed by atoms with Crippen molar-refractivity contribution in [2.75, 3.05) is 13.7 Å². The van der Waals surface area contributed by atoms with Crippen LogP contribution in [-0.2, 0) is 0 Å². The summed E-state index contributed by atoms with van der Waals surface area (Å²) in [5.41, 5.74) is 0.596. The van der Waals surface area contributed by atoms with Crippen LogP contribution in [0.2, 0.25) is 0 Å². The fourth-order valence-electron chi connectivity index (χ4n) is 2.87. The maximum absolute atomic E-state index is 12.3. The number of amides is 1. The van der Waals surface area contributed by atoms with Crippen LogP contribution in [0.25, 0.3) is 0 Å². The molecule has 0 bridgehead atoms. The summed E-state index contributed by atoms with van der Waals surface area (Å²) in [6, 6.07) is 5.47. The van der Waals surface area contributed by atoms with E-state index in [1.165, 1.54) is 25.7 Å². The Labute approximate surface area is 129 Å². The predicted molar refractivity (Wildman–Crippen MR) is 84.1 cm³/mol. The van der Waals surface area contributed by atoms with Crippen LogP contribution in [0, 0.1) is 11.8 Å². The normalized spacial score (nSPS) is 22.4. The number of benzene rings is 1. The monoisotopic (exact) mass is 339 g/mol. The zero-order valence-electron chi connectivity index (χ0n) is 12.1. The molecule has 1 aromatic rings. The molecule has 0 aliphatic heterocycles. The molecule has 1 aromatic carbocycles. The van der Waals surface area contributed by atoms with Gasteiger partial charge in [0.15, 0.2) is 0 Å². The summed E-state index contributed by atoms with van der Waals surface area (Å²) in [7, 11) is 1.59. The Hall–Kier alpha value is -1.03. The van der Waals surface area contributed by atoms with E-state index in [0.29, 0.717) is 23.1 Å². The van der Waals surface area contributed by atoms with Gasteiger partial charge in [-0.3, -0.25) is 4.79 Å². The molecule has 2 atom stereocenters. The highest BCUT2D eigenvalue weighted by Gasteiger charge is 2.22. The Bertz CT molecular complexity index is 476. The van der Waals surface area contributed by atoms with Gasteiger partial charge in [0.2, 0.25) is 0 Å². The first-order valence-electron chi connectivity index (χ1n) is 7.23. The van der Waals surface area contributed by atoms with Gasteiger partial charge in [-0.1, -0.05) is 42.1 Å². The molecular formula is C16H22BrNO2. The summed E-state index contributed by atoms with van der Waals surface area (Å²) in [5, 5.41) is 3.06. The lowest BCUT2D eigenvalue weighted by molar-refractivity contribution is 0.0933. The highest BCUT2D eigenvalue weighted by atomic mass is 79.9. The number of halogens is 1. The van der Waals surface area contributed by atoms with E-state index in [1.807, 2.05) is 12.1 Å². The second kappa shape index (κ2) is 7.11. The standard InChI is InChI=1S/C16H22BrNO2/c1-11-5-3-4-6-12(11)10-18-16(19)14-8-7-13(17)9-15(14)20-2/h7-9,11-12H,3-6,10H2,1-2H3,(H,18,19). The third kappa shape index (κ3) is 3.75. The summed E-state index contributed by atoms with van der Waals surface area (Å²) in [4.78, 5) is 12.3. The van der Waals surface area contributed by atoms with E-state index in [-0.39, 0.29) is 5.91 Å². The van der Waals surface area contributed by atoms with Crippen LogP contribution >= 0.6 is 15.9 Å². The second-order valence-corrected chi connectivity index (χ2v) is 6.49. The zero-order valence-corrected chi connectivity index (χ0v) is 13.7. The minimum Gasteiger partial charge on any atom is -0.496 e. The van der Waals surface area contributed by atoms with Crippen molar-refractivity contribution >= 4 is 21.8 Å². The topological polar surface area (TPSA) is 38.3 Å². The summed E-state index contributed by atoms with van der Waals surface area (Å²) < 4.78 is 6.18. The van der Waals surface area contributed by atoms with E-state index in [2.05, 4.69) is 28.2 Å². The Balaban J connectivity index is 1.98. The SMILES string of the molecule is COc1cc(Br)ccc1C(=O)NCC1CCCCC1C. The average molecular weight is 340 g/mol. The summed E-state index contributed by atoms with van der Waals surface area (Å²) in [5.74, 6) is 1.87. The molecule has 1 fully saturated rings. The number of hydrogen-bond acceptors (Lipinski definition) is 2. The number of methoxy groups -OCH3 is 1. The number of carbonyl (C=O) groups is 1. The number of rotatable bonds is 4. The van der Waals surface area contributed by atoms with Gasteiger partial charge in [-0.2, -0.15) is 0 Å². The summed E-state index contributed by atoms with van der Waals surface area (Å²) >= 11 is 3.38. The van der Waals surface area contributed by atoms with Crippen molar-refractivity contribution in [1.29, 1.82) is 0 Å². The van der Waals surface area contributed by atoms with Crippen LogP contribution in [0.3, 0.4) is 0 Å². The van der Waals surface area contributed by atoms with Crippen LogP contribution in [0.1, 0.15) is 43.0 Å². The Morgan fingerprint density at radius 2 is 2.15 bits per heavy atom. The van der Waals surface area contributed by atoms with Gasteiger partial charge in [0.05, 0.1) is 12.7 Å². The van der Waals surface area contributed by atoms with Gasteiger partial charge in [-0.15, -0.1) is 0 Å². The molecule has 1 aliphatic carbocycles. The third-order valence-electron chi connectivity index (χ3n) is 4.22. The molecule has 110 valence electrons. The molecule has 1 N–H and O–H groups in total. The van der Waals surface area contributed by atoms with E-state index in [0.717, 1.165) is 11.0 Å². The van der Waals surface area contributed by atoms with Crippen molar-refractivity contribution in [3.63, 3.8) is 0 Å². The number of hydrogen-bond donors (Lipinski definition) is 1. The molecule has 0 aromatic heterocycles. The van der Waals surface area contributed by atoms with Crippen LogP contribution in [0.15, 0.2) is 22.7 Å². The maximum Gasteiger partial charge on any atom is 0.255 e. The Kier molecular flexibility index (Phi) is 5.46. The molecular weight excluding hydrogens is 318 g/mol. The van der Waals surface area contributed by atoms with Crippen molar-refractivity contribution in [3.8, 4) is 5.75 Å². The fraction of sp³-hybridized carbons (Fsp3) is 0.562. The number of ether oxygens (including phenoxy) is 1. The molecule has 0 spiro atoms. The maximum atomic E-state index is 12.3. The van der Waals surface area contributed by atoms with Crippen LogP contribution in [0.4, 0.5) is 0 Å². The molecule has 3 nitrogen and oxygen atoms in total. The van der Waals surface area contributed by atoms with Gasteiger partial charge in [-0.05, 0) is 36.5 Å². The molecule has 1 amide bonds. The quantitative estimate of drug-likeness (QED) is 0.899. The molecule has 1 saturated carbocycles. The highest BCUT2D eigenvalue weighted by Crippen LogP contribution is 2.29. The lowest BCUT2D eigenvalue weighted by atomic mass is 9.80. The van der Waals surface area contributed by atoms with Crippen molar-refractivity contribution in [1.82, 2.24) is 5.32 Å². The first-order chi connectivity index (χ1) is 9.61. The van der Waals surface area contributed by atoms with E-state index < -0.39 is 0 Å². The zero-order chi connectivity index (χ0) is 14.5. The Morgan fingerprint density at radius 1 is 1.40 bits per heavy atom. The molecule has 1 aliphatic rings. The lowest BCUT2D eigenvalue weighted by Gasteiger charge is -2.28. The van der Waals surface area contributed by atoms with Gasteiger partial charge in [0.1, 0.15) is 5.75 Å². The molecule has 0 saturated heterocycles. The Morgan fingerprint density at radius 3 is 2.85 bits per heavy atom. The van der Waals surface area contributed by atoms with E-state index in [4.69, 9.17) is 4.74 Å². The van der Waals surface area contributed by atoms with Crippen molar-refractivity contribution in [2.45, 2.75) is 32.6 Å². The fourth-order valence-corrected chi connectivity index (χ4v) is 3.21. The van der Waals surface area contributed by atoms with Gasteiger partial charge < -0.3 is 10.1 Å². The average Bonchev–Trinajstić information content (AvgIpc) is 2.46. The number of nitrogens with one attached hydrogen (secondary N) is 1. The minimum absolute atomic E-state index is 0.0490. The second-order valence-electron chi connectivity index (χ2n) is 5.58. The van der Waals surface area contributed by atoms with E-state index in [9.17, 15) is 4.79 Å². The van der Waals surface area contributed by atoms with Crippen molar-refractivity contribution < 1.29 is 9.53 Å². The first-order valence-corrected chi connectivity index (χ1v) is 8.03. The predicted octanol–water partition coefficient (Wildman–Crippen LogP) is 4.01. The van der Waals surface area contributed by atoms with Crippen LogP contribution in [0.5, 0.6) is 5.75 Å². The van der Waals surface area contributed by atoms with Gasteiger partial charge in [0.25, 0.3) is 5.91 Å². The lowest BCUT2D eigenvalue weighted by Crippen LogP contribution is -2.33. The van der Waals surface area contributed by atoms with Crippen LogP contribution in [-0.4, -0.2) is 19.6 Å². The molecule has 0 radical (unpaired) electrons. The van der Waals surface area contributed by atoms with Gasteiger partial charge in [-0.25, -0.2) is 0 Å². The van der Waals surface area contributed by atoms with Crippen molar-refractivity contribution in [2.24, 2.45) is 11.8 Å². The van der Waals surface area contributed by atoms with E-state index in [1.54, 1.807) is 13.2 Å². The van der Waals surface area contributed by atoms with Crippen LogP contribution < -0.4 is 10.1 Å². The third-order valence-corrected chi connectivity index (χ3v) is 4.72. The smallest absolute Gasteiger partial charge is 0.255 e. The molecule has 20 heavy (non-hydrogen) atoms. The van der Waals surface area contributed by atoms with Gasteiger partial charge in [0, 0.05) is 11.0 Å². The molecule has 0 heterocycles. The van der Waals surface area contributed by atoms with E-state index >= 15 is 0 Å². The molecule has 4 heteroatoms. The largest absolute Gasteiger partial charge is 0.496 e. The summed E-state index contributed by atoms with van der Waals surface area (Å²) in [6.45, 7) is 3.05. The van der Waals surface area contributed by atoms with Crippen molar-refractivity contribution in [3.05, 3.63) is 28.2 Å². The molecule has 2 rings (SSSR count).